The van der Waals surface area contributed by atoms with Crippen molar-refractivity contribution in [2.24, 2.45) is 0 Å². The minimum Gasteiger partial charge on any atom is -0.497 e. The fourth-order valence-electron chi connectivity index (χ4n) is 5.22. The number of benzene rings is 3. The minimum absolute atomic E-state index is 0.0454. The van der Waals surface area contributed by atoms with E-state index in [1.807, 2.05) is 30.3 Å². The van der Waals surface area contributed by atoms with Crippen molar-refractivity contribution in [3.05, 3.63) is 72.3 Å². The summed E-state index contributed by atoms with van der Waals surface area (Å²) in [5, 5.41) is 11.6. The van der Waals surface area contributed by atoms with Crippen LogP contribution in [0.2, 0.25) is 0 Å². The van der Waals surface area contributed by atoms with Crippen molar-refractivity contribution >= 4 is 28.5 Å². The lowest BCUT2D eigenvalue weighted by Crippen LogP contribution is -2.47. The van der Waals surface area contributed by atoms with E-state index in [1.54, 1.807) is 50.6 Å². The van der Waals surface area contributed by atoms with Crippen LogP contribution < -0.4 is 24.4 Å². The van der Waals surface area contributed by atoms with Crippen LogP contribution in [0.15, 0.2) is 66.7 Å². The van der Waals surface area contributed by atoms with Crippen molar-refractivity contribution in [3.63, 3.8) is 0 Å². The van der Waals surface area contributed by atoms with Gasteiger partial charge in [-0.3, -0.25) is 14.5 Å². The molecule has 1 aliphatic rings. The third kappa shape index (κ3) is 5.56. The number of rotatable bonds is 10. The van der Waals surface area contributed by atoms with Crippen LogP contribution >= 0.6 is 0 Å². The number of ether oxygens (including phenoxy) is 3. The summed E-state index contributed by atoms with van der Waals surface area (Å²) in [5.74, 6) is 0.835. The number of hydrogen-bond donors (Lipinski definition) is 1. The molecular formula is C30H33N5O5. The zero-order valence-electron chi connectivity index (χ0n) is 22.9. The first-order valence-corrected chi connectivity index (χ1v) is 13.3. The molecule has 4 aromatic rings. The first-order chi connectivity index (χ1) is 19.5. The molecule has 1 aromatic heterocycles. The monoisotopic (exact) mass is 543 g/mol. The van der Waals surface area contributed by atoms with Crippen LogP contribution in [-0.2, 0) is 16.1 Å². The fraction of sp³-hybridized carbons (Fsp3) is 0.333. The third-order valence-corrected chi connectivity index (χ3v) is 7.24. The number of nitrogens with one attached hydrogen (secondary N) is 1. The summed E-state index contributed by atoms with van der Waals surface area (Å²) in [7, 11) is 4.64. The molecule has 0 radical (unpaired) electrons. The second kappa shape index (κ2) is 12.1. The standard InChI is InChI=1S/C30H33N5O5/c1-38-22-12-8-9-20(17-22)29(30(37)31-21-10-4-5-11-21)35(26-18-23(39-2)15-16-27(26)40-3)28(36)19-34-25-14-7-6-13-24(25)32-33-34/h6-9,12-18,21,29H,4-5,10-11,19H2,1-3H3,(H,31,37)/t29-/m0/s1. The van der Waals surface area contributed by atoms with Gasteiger partial charge in [-0.15, -0.1) is 5.10 Å². The van der Waals surface area contributed by atoms with Crippen LogP contribution in [0.4, 0.5) is 5.69 Å². The Hall–Kier alpha value is -4.60. The number of amides is 2. The lowest BCUT2D eigenvalue weighted by atomic mass is 10.0. The molecule has 0 unspecified atom stereocenters. The lowest BCUT2D eigenvalue weighted by molar-refractivity contribution is -0.127. The van der Waals surface area contributed by atoms with E-state index in [0.717, 1.165) is 25.7 Å². The third-order valence-electron chi connectivity index (χ3n) is 7.24. The highest BCUT2D eigenvalue weighted by Gasteiger charge is 2.36. The molecule has 0 aliphatic heterocycles. The number of aromatic nitrogens is 3. The molecule has 0 saturated heterocycles. The van der Waals surface area contributed by atoms with E-state index in [2.05, 4.69) is 15.6 Å². The number of nitrogens with zero attached hydrogens (tertiary/aromatic N) is 4. The molecule has 1 saturated carbocycles. The van der Waals surface area contributed by atoms with Gasteiger partial charge in [-0.2, -0.15) is 0 Å². The molecule has 0 bridgehead atoms. The van der Waals surface area contributed by atoms with Crippen LogP contribution in [0.1, 0.15) is 37.3 Å². The zero-order valence-corrected chi connectivity index (χ0v) is 22.9. The van der Waals surface area contributed by atoms with Crippen molar-refractivity contribution in [3.8, 4) is 17.2 Å². The number of fused-ring (bicyclic) bond motifs is 1. The zero-order chi connectivity index (χ0) is 28.1. The molecule has 3 aromatic carbocycles. The van der Waals surface area contributed by atoms with Crippen molar-refractivity contribution in [2.75, 3.05) is 26.2 Å². The van der Waals surface area contributed by atoms with Crippen molar-refractivity contribution in [1.29, 1.82) is 0 Å². The largest absolute Gasteiger partial charge is 0.497 e. The van der Waals surface area contributed by atoms with Gasteiger partial charge in [0, 0.05) is 12.1 Å². The minimum atomic E-state index is -1.03. The molecule has 40 heavy (non-hydrogen) atoms. The Labute approximate surface area is 232 Å². The molecular weight excluding hydrogens is 510 g/mol. The Morgan fingerprint density at radius 3 is 2.45 bits per heavy atom. The van der Waals surface area contributed by atoms with Crippen molar-refractivity contribution < 1.29 is 23.8 Å². The Balaban J connectivity index is 1.65. The second-order valence-electron chi connectivity index (χ2n) is 9.71. The molecule has 1 fully saturated rings. The summed E-state index contributed by atoms with van der Waals surface area (Å²) in [4.78, 5) is 30.0. The van der Waals surface area contributed by atoms with Gasteiger partial charge in [0.15, 0.2) is 0 Å². The van der Waals surface area contributed by atoms with Crippen molar-refractivity contribution in [1.82, 2.24) is 20.3 Å². The van der Waals surface area contributed by atoms with Gasteiger partial charge in [0.25, 0.3) is 0 Å². The lowest BCUT2D eigenvalue weighted by Gasteiger charge is -2.33. The smallest absolute Gasteiger partial charge is 0.249 e. The number of hydrogen-bond acceptors (Lipinski definition) is 7. The molecule has 1 N–H and O–H groups in total. The number of carbonyl (C=O) groups is 2. The fourth-order valence-corrected chi connectivity index (χ4v) is 5.22. The molecule has 10 heteroatoms. The average Bonchev–Trinajstić information content (AvgIpc) is 3.65. The van der Waals surface area contributed by atoms with E-state index in [-0.39, 0.29) is 24.4 Å². The average molecular weight is 544 g/mol. The Bertz CT molecular complexity index is 1500. The molecule has 0 spiro atoms. The SMILES string of the molecule is COc1cccc([C@@H](C(=O)NC2CCCC2)N(C(=O)Cn2nnc3ccccc32)c2cc(OC)ccc2OC)c1. The number of methoxy groups -OCH3 is 3. The summed E-state index contributed by atoms with van der Waals surface area (Å²) in [6.45, 7) is -0.155. The van der Waals surface area contributed by atoms with Gasteiger partial charge < -0.3 is 19.5 Å². The van der Waals surface area contributed by atoms with Crippen LogP contribution in [0.25, 0.3) is 11.0 Å². The van der Waals surface area contributed by atoms with Crippen LogP contribution in [0.5, 0.6) is 17.2 Å². The van der Waals surface area contributed by atoms with Gasteiger partial charge in [0.1, 0.15) is 35.4 Å². The van der Waals surface area contributed by atoms with Gasteiger partial charge in [0.05, 0.1) is 32.5 Å². The predicted octanol–water partition coefficient (Wildman–Crippen LogP) is 4.29. The van der Waals surface area contributed by atoms with Gasteiger partial charge in [-0.05, 0) is 54.8 Å². The maximum absolute atomic E-state index is 14.4. The predicted molar refractivity (Wildman–Crippen MR) is 151 cm³/mol. The molecule has 1 aliphatic carbocycles. The molecule has 208 valence electrons. The highest BCUT2D eigenvalue weighted by molar-refractivity contribution is 6.03. The highest BCUT2D eigenvalue weighted by atomic mass is 16.5. The molecule has 10 nitrogen and oxygen atoms in total. The van der Waals surface area contributed by atoms with Gasteiger partial charge in [-0.1, -0.05) is 42.3 Å². The number of carbonyl (C=O) groups excluding carboxylic acids is 2. The van der Waals surface area contributed by atoms with Crippen LogP contribution in [0.3, 0.4) is 0 Å². The van der Waals surface area contributed by atoms with E-state index in [1.165, 1.54) is 16.7 Å². The Morgan fingerprint density at radius 2 is 1.70 bits per heavy atom. The van der Waals surface area contributed by atoms with Crippen molar-refractivity contribution in [2.45, 2.75) is 44.3 Å². The molecule has 1 atom stereocenters. The van der Waals surface area contributed by atoms with E-state index in [4.69, 9.17) is 14.2 Å². The van der Waals surface area contributed by atoms with Crippen LogP contribution in [0, 0.1) is 0 Å². The van der Waals surface area contributed by atoms with Crippen LogP contribution in [-0.4, -0.2) is 54.2 Å². The summed E-state index contributed by atoms with van der Waals surface area (Å²) < 4.78 is 18.2. The summed E-state index contributed by atoms with van der Waals surface area (Å²) in [5.41, 5.74) is 2.37. The van der Waals surface area contributed by atoms with E-state index >= 15 is 0 Å². The first kappa shape index (κ1) is 27.0. The molecule has 1 heterocycles. The molecule has 2 amide bonds. The number of para-hydroxylation sites is 1. The maximum atomic E-state index is 14.4. The van der Waals surface area contributed by atoms with E-state index in [0.29, 0.717) is 39.5 Å². The quantitative estimate of drug-likeness (QED) is 0.318. The Kier molecular flexibility index (Phi) is 8.14. The summed E-state index contributed by atoms with van der Waals surface area (Å²) in [6.07, 6.45) is 3.91. The van der Waals surface area contributed by atoms with Gasteiger partial charge >= 0.3 is 0 Å². The summed E-state index contributed by atoms with van der Waals surface area (Å²) >= 11 is 0. The highest BCUT2D eigenvalue weighted by Crippen LogP contribution is 2.39. The van der Waals surface area contributed by atoms with E-state index < -0.39 is 6.04 Å². The van der Waals surface area contributed by atoms with E-state index in [9.17, 15) is 9.59 Å². The summed E-state index contributed by atoms with van der Waals surface area (Å²) in [6, 6.07) is 18.8. The second-order valence-corrected chi connectivity index (χ2v) is 9.71. The number of anilines is 1. The first-order valence-electron chi connectivity index (χ1n) is 13.3. The normalized spacial score (nSPS) is 14.1. The Morgan fingerprint density at radius 1 is 0.950 bits per heavy atom. The topological polar surface area (TPSA) is 108 Å². The maximum Gasteiger partial charge on any atom is 0.249 e. The van der Waals surface area contributed by atoms with Gasteiger partial charge in [-0.25, -0.2) is 4.68 Å². The van der Waals surface area contributed by atoms with Gasteiger partial charge in [0.2, 0.25) is 11.8 Å². The molecule has 5 rings (SSSR count).